The molecule has 2 aromatic rings. The van der Waals surface area contributed by atoms with Crippen molar-refractivity contribution >= 4 is 34.4 Å². The van der Waals surface area contributed by atoms with Gasteiger partial charge in [-0.2, -0.15) is 0 Å². The van der Waals surface area contributed by atoms with Gasteiger partial charge in [0.2, 0.25) is 11.8 Å². The molecule has 0 bridgehead atoms. The molecule has 0 saturated heterocycles. The number of hydrogen-bond acceptors (Lipinski definition) is 7. The maximum absolute atomic E-state index is 14.4. The molecule has 1 aliphatic rings. The van der Waals surface area contributed by atoms with Crippen LogP contribution in [0.25, 0.3) is 0 Å². The molecule has 0 aliphatic heterocycles. The third-order valence-corrected chi connectivity index (χ3v) is 6.84. The molecule has 37 heavy (non-hydrogen) atoms. The lowest BCUT2D eigenvalue weighted by Gasteiger charge is -2.40. The number of nitrogens with zero attached hydrogens (tertiary/aromatic N) is 1. The van der Waals surface area contributed by atoms with E-state index in [1.807, 2.05) is 22.6 Å². The monoisotopic (exact) mass is 628 g/mol. The van der Waals surface area contributed by atoms with E-state index in [0.29, 0.717) is 20.6 Å². The van der Waals surface area contributed by atoms with Gasteiger partial charge in [0, 0.05) is 37.6 Å². The highest BCUT2D eigenvalue weighted by Gasteiger charge is 2.40. The number of nitrogens with one attached hydrogen (secondary N) is 1. The molecule has 3 rings (SSSR count). The average molecular weight is 628 g/mol. The second-order valence-electron chi connectivity index (χ2n) is 8.52. The summed E-state index contributed by atoms with van der Waals surface area (Å²) in [7, 11) is 1.44. The van der Waals surface area contributed by atoms with Crippen LogP contribution in [-0.2, 0) is 22.7 Å². The lowest BCUT2D eigenvalue weighted by molar-refractivity contribution is -0.137. The lowest BCUT2D eigenvalue weighted by Crippen LogP contribution is -2.54. The molecule has 3 atom stereocenters. The first-order valence-corrected chi connectivity index (χ1v) is 12.7. The van der Waals surface area contributed by atoms with Gasteiger partial charge in [0.05, 0.1) is 29.9 Å². The van der Waals surface area contributed by atoms with Gasteiger partial charge in [-0.15, -0.1) is 0 Å². The zero-order valence-electron chi connectivity index (χ0n) is 20.5. The Hall–Kier alpha value is -2.74. The standard InChI is InChI=1S/C26H30FIN2O7/c1-15(33)30(13-17-5-3-4-6-19(17)27)21-11-18(26(35)29-7-8-31)12-22(24(21)34)37-25-20(28)9-16(14-32)10-23(25)36-2/h3-6,9-10,12,21-22,24,31-32,34H,7-8,11,13-14H2,1-2H3,(H,29,35). The summed E-state index contributed by atoms with van der Waals surface area (Å²) in [5.41, 5.74) is 1.11. The van der Waals surface area contributed by atoms with Crippen molar-refractivity contribution in [1.82, 2.24) is 10.2 Å². The average Bonchev–Trinajstić information content (AvgIpc) is 2.88. The minimum absolute atomic E-state index is 0.00992. The van der Waals surface area contributed by atoms with E-state index in [1.54, 1.807) is 30.3 Å². The van der Waals surface area contributed by atoms with E-state index in [9.17, 15) is 24.2 Å². The van der Waals surface area contributed by atoms with Crippen molar-refractivity contribution in [3.8, 4) is 11.5 Å². The maximum Gasteiger partial charge on any atom is 0.247 e. The normalized spacial score (nSPS) is 19.1. The van der Waals surface area contributed by atoms with Gasteiger partial charge in [0.15, 0.2) is 11.5 Å². The predicted molar refractivity (Wildman–Crippen MR) is 141 cm³/mol. The van der Waals surface area contributed by atoms with Gasteiger partial charge in [-0.1, -0.05) is 18.2 Å². The molecule has 2 aromatic carbocycles. The number of aliphatic hydroxyl groups excluding tert-OH is 3. The molecule has 4 N–H and O–H groups in total. The molecule has 200 valence electrons. The van der Waals surface area contributed by atoms with E-state index >= 15 is 0 Å². The van der Waals surface area contributed by atoms with Crippen LogP contribution < -0.4 is 14.8 Å². The number of methoxy groups -OCH3 is 1. The summed E-state index contributed by atoms with van der Waals surface area (Å²) in [5.74, 6) is -0.778. The Labute approximate surface area is 228 Å². The van der Waals surface area contributed by atoms with Crippen molar-refractivity contribution in [1.29, 1.82) is 0 Å². The minimum atomic E-state index is -1.27. The largest absolute Gasteiger partial charge is 0.493 e. The van der Waals surface area contributed by atoms with Crippen LogP contribution in [0, 0.1) is 9.39 Å². The first kappa shape index (κ1) is 28.8. The molecule has 0 radical (unpaired) electrons. The highest BCUT2D eigenvalue weighted by Crippen LogP contribution is 2.37. The van der Waals surface area contributed by atoms with Crippen LogP contribution in [0.3, 0.4) is 0 Å². The van der Waals surface area contributed by atoms with E-state index in [1.165, 1.54) is 31.1 Å². The molecule has 0 saturated carbocycles. The van der Waals surface area contributed by atoms with Crippen LogP contribution in [0.1, 0.15) is 24.5 Å². The van der Waals surface area contributed by atoms with Gasteiger partial charge < -0.3 is 35.0 Å². The number of hydrogen-bond donors (Lipinski definition) is 4. The molecule has 2 amide bonds. The summed E-state index contributed by atoms with van der Waals surface area (Å²) in [6, 6.07) is 8.41. The topological polar surface area (TPSA) is 129 Å². The van der Waals surface area contributed by atoms with Crippen molar-refractivity contribution in [3.05, 3.63) is 68.6 Å². The number of aliphatic hydroxyl groups is 3. The Morgan fingerprint density at radius 2 is 1.97 bits per heavy atom. The Morgan fingerprint density at radius 1 is 1.24 bits per heavy atom. The van der Waals surface area contributed by atoms with Crippen molar-refractivity contribution < 1.29 is 38.8 Å². The maximum atomic E-state index is 14.4. The van der Waals surface area contributed by atoms with Gasteiger partial charge in [-0.25, -0.2) is 4.39 Å². The minimum Gasteiger partial charge on any atom is -0.493 e. The molecule has 0 heterocycles. The third kappa shape index (κ3) is 6.98. The van der Waals surface area contributed by atoms with Crippen LogP contribution in [0.4, 0.5) is 4.39 Å². The highest BCUT2D eigenvalue weighted by molar-refractivity contribution is 14.1. The Morgan fingerprint density at radius 3 is 2.59 bits per heavy atom. The number of amides is 2. The van der Waals surface area contributed by atoms with Crippen molar-refractivity contribution in [2.24, 2.45) is 0 Å². The molecule has 11 heteroatoms. The highest BCUT2D eigenvalue weighted by atomic mass is 127. The number of rotatable bonds is 10. The van der Waals surface area contributed by atoms with Crippen molar-refractivity contribution in [2.45, 2.75) is 44.7 Å². The summed E-state index contributed by atoms with van der Waals surface area (Å²) in [4.78, 5) is 26.9. The van der Waals surface area contributed by atoms with E-state index in [2.05, 4.69) is 5.32 Å². The number of carbonyl (C=O) groups excluding carboxylic acids is 2. The molecule has 0 aromatic heterocycles. The SMILES string of the molecule is COc1cc(CO)cc(I)c1OC1C=C(C(=O)NCCO)CC(N(Cc2ccccc2F)C(C)=O)C1O. The van der Waals surface area contributed by atoms with Crippen LogP contribution in [0.5, 0.6) is 11.5 Å². The van der Waals surface area contributed by atoms with Gasteiger partial charge in [0.25, 0.3) is 0 Å². The summed E-state index contributed by atoms with van der Waals surface area (Å²) < 4.78 is 26.6. The van der Waals surface area contributed by atoms with Crippen LogP contribution in [-0.4, -0.2) is 70.5 Å². The molecule has 1 aliphatic carbocycles. The fourth-order valence-electron chi connectivity index (χ4n) is 4.17. The van der Waals surface area contributed by atoms with Crippen molar-refractivity contribution in [3.63, 3.8) is 0 Å². The molecular formula is C26H30FIN2O7. The van der Waals surface area contributed by atoms with E-state index in [0.717, 1.165) is 0 Å². The van der Waals surface area contributed by atoms with Crippen LogP contribution in [0.15, 0.2) is 48.0 Å². The number of carbonyl (C=O) groups is 2. The lowest BCUT2D eigenvalue weighted by atomic mass is 9.88. The first-order valence-electron chi connectivity index (χ1n) is 11.6. The summed E-state index contributed by atoms with van der Waals surface area (Å²) in [6.07, 6.45) is -0.879. The van der Waals surface area contributed by atoms with Crippen LogP contribution >= 0.6 is 22.6 Å². The quantitative estimate of drug-likeness (QED) is 0.296. The van der Waals surface area contributed by atoms with E-state index < -0.39 is 35.9 Å². The fourth-order valence-corrected chi connectivity index (χ4v) is 4.96. The van der Waals surface area contributed by atoms with Crippen molar-refractivity contribution in [2.75, 3.05) is 20.3 Å². The Bertz CT molecular complexity index is 1160. The summed E-state index contributed by atoms with van der Waals surface area (Å²) >= 11 is 2.01. The molecule has 9 nitrogen and oxygen atoms in total. The Kier molecular flexibility index (Phi) is 10.3. The molecule has 0 spiro atoms. The summed E-state index contributed by atoms with van der Waals surface area (Å²) in [6.45, 7) is 0.750. The number of benzene rings is 2. The molecule has 3 unspecified atom stereocenters. The molecular weight excluding hydrogens is 598 g/mol. The van der Waals surface area contributed by atoms with Gasteiger partial charge in [0.1, 0.15) is 18.0 Å². The summed E-state index contributed by atoms with van der Waals surface area (Å²) in [5, 5.41) is 32.6. The zero-order chi connectivity index (χ0) is 27.1. The van der Waals surface area contributed by atoms with Gasteiger partial charge in [-0.05, 0) is 52.4 Å². The predicted octanol–water partition coefficient (Wildman–Crippen LogP) is 1.90. The number of halogens is 2. The second kappa shape index (κ2) is 13.2. The zero-order valence-corrected chi connectivity index (χ0v) is 22.6. The fraction of sp³-hybridized carbons (Fsp3) is 0.385. The smallest absolute Gasteiger partial charge is 0.247 e. The van der Waals surface area contributed by atoms with Gasteiger partial charge in [-0.3, -0.25) is 9.59 Å². The second-order valence-corrected chi connectivity index (χ2v) is 9.68. The molecule has 0 fully saturated rings. The van der Waals surface area contributed by atoms with E-state index in [-0.39, 0.29) is 43.9 Å². The third-order valence-electron chi connectivity index (χ3n) is 6.04. The Balaban J connectivity index is 2.01. The van der Waals surface area contributed by atoms with E-state index in [4.69, 9.17) is 14.6 Å². The van der Waals surface area contributed by atoms with Crippen LogP contribution in [0.2, 0.25) is 0 Å². The number of ether oxygens (including phenoxy) is 2. The first-order chi connectivity index (χ1) is 17.7. The van der Waals surface area contributed by atoms with Gasteiger partial charge >= 0.3 is 0 Å².